The SMILES string of the molecule is COc1ccc([C@H]2CC(c3ccc(C)cc3C)=NN2C(=O)CN2N=N[C@@H]3C(=O)N(c4c(Cl)cccc4Cl)C(=O)[C@@H]32)cc1. The fourth-order valence-electron chi connectivity index (χ4n) is 5.61. The number of rotatable bonds is 6. The second kappa shape index (κ2) is 10.8. The van der Waals surface area contributed by atoms with E-state index in [0.29, 0.717) is 12.2 Å². The van der Waals surface area contributed by atoms with E-state index >= 15 is 0 Å². The summed E-state index contributed by atoms with van der Waals surface area (Å²) in [5.41, 5.74) is 4.88. The van der Waals surface area contributed by atoms with Crippen molar-refractivity contribution in [2.24, 2.45) is 15.4 Å². The molecule has 3 aromatic carbocycles. The Morgan fingerprint density at radius 3 is 2.38 bits per heavy atom. The molecule has 0 radical (unpaired) electrons. The van der Waals surface area contributed by atoms with Gasteiger partial charge in [-0.3, -0.25) is 19.4 Å². The van der Waals surface area contributed by atoms with Crippen LogP contribution in [0.2, 0.25) is 10.0 Å². The number of carbonyl (C=O) groups excluding carboxylic acids is 3. The highest BCUT2D eigenvalue weighted by molar-refractivity contribution is 6.42. The molecule has 1 fully saturated rings. The number of hydrazone groups is 1. The minimum absolute atomic E-state index is 0.0912. The van der Waals surface area contributed by atoms with E-state index in [2.05, 4.69) is 16.4 Å². The summed E-state index contributed by atoms with van der Waals surface area (Å²) in [4.78, 5) is 41.5. The molecule has 3 atom stereocenters. The number of hydrogen-bond donors (Lipinski definition) is 0. The molecule has 3 aliphatic heterocycles. The van der Waals surface area contributed by atoms with Gasteiger partial charge in [-0.2, -0.15) is 10.2 Å². The highest BCUT2D eigenvalue weighted by Crippen LogP contribution is 2.40. The number of aryl methyl sites for hydroxylation is 2. The molecule has 10 nitrogen and oxygen atoms in total. The molecule has 0 N–H and O–H groups in total. The minimum Gasteiger partial charge on any atom is -0.497 e. The highest BCUT2D eigenvalue weighted by Gasteiger charge is 2.56. The van der Waals surface area contributed by atoms with E-state index in [1.807, 2.05) is 50.2 Å². The van der Waals surface area contributed by atoms with Crippen LogP contribution in [-0.2, 0) is 14.4 Å². The molecule has 42 heavy (non-hydrogen) atoms. The molecule has 0 bridgehead atoms. The van der Waals surface area contributed by atoms with Crippen molar-refractivity contribution < 1.29 is 19.1 Å². The van der Waals surface area contributed by atoms with Gasteiger partial charge in [0, 0.05) is 12.0 Å². The Kier molecular flexibility index (Phi) is 7.20. The third-order valence-corrected chi connectivity index (χ3v) is 8.29. The van der Waals surface area contributed by atoms with E-state index in [1.54, 1.807) is 13.2 Å². The molecule has 0 aromatic heterocycles. The first kappa shape index (κ1) is 27.9. The Balaban J connectivity index is 1.29. The van der Waals surface area contributed by atoms with Crippen molar-refractivity contribution in [1.82, 2.24) is 10.0 Å². The number of para-hydroxylation sites is 1. The lowest BCUT2D eigenvalue weighted by Crippen LogP contribution is -2.44. The molecule has 12 heteroatoms. The first-order chi connectivity index (χ1) is 20.2. The van der Waals surface area contributed by atoms with Gasteiger partial charge in [0.15, 0.2) is 12.1 Å². The van der Waals surface area contributed by atoms with Crippen molar-refractivity contribution >= 4 is 52.3 Å². The molecule has 1 saturated heterocycles. The van der Waals surface area contributed by atoms with Crippen LogP contribution < -0.4 is 9.64 Å². The number of ether oxygens (including phenoxy) is 1. The number of anilines is 1. The molecule has 3 amide bonds. The van der Waals surface area contributed by atoms with Crippen molar-refractivity contribution in [3.05, 3.63) is 93.0 Å². The summed E-state index contributed by atoms with van der Waals surface area (Å²) in [7, 11) is 1.59. The van der Waals surface area contributed by atoms with E-state index in [-0.39, 0.29) is 22.3 Å². The number of hydrogen-bond acceptors (Lipinski definition) is 8. The standard InChI is InChI=1S/C30H26Cl2N6O4/c1-16-7-12-20(17(2)13-16)23-14-24(18-8-10-19(42-3)11-9-18)38(34-23)25(39)15-36-28-26(33-35-36)29(40)37(30(28)41)27-21(31)5-4-6-22(27)32/h4-13,24,26,28H,14-15H2,1-3H3/t24-,26+,28-/m1/s1. The van der Waals surface area contributed by atoms with Crippen molar-refractivity contribution in [3.63, 3.8) is 0 Å². The fourth-order valence-corrected chi connectivity index (χ4v) is 6.18. The largest absolute Gasteiger partial charge is 0.497 e. The predicted molar refractivity (Wildman–Crippen MR) is 158 cm³/mol. The molecule has 0 spiro atoms. The second-order valence-electron chi connectivity index (χ2n) is 10.4. The monoisotopic (exact) mass is 604 g/mol. The van der Waals surface area contributed by atoms with Gasteiger partial charge in [-0.15, -0.1) is 0 Å². The van der Waals surface area contributed by atoms with Gasteiger partial charge in [-0.05, 0) is 49.2 Å². The summed E-state index contributed by atoms with van der Waals surface area (Å²) in [6.45, 7) is 3.73. The van der Waals surface area contributed by atoms with Crippen LogP contribution in [0.5, 0.6) is 5.75 Å². The molecule has 0 aliphatic carbocycles. The lowest BCUT2D eigenvalue weighted by atomic mass is 9.95. The van der Waals surface area contributed by atoms with Crippen LogP contribution in [0.3, 0.4) is 0 Å². The predicted octanol–water partition coefficient (Wildman–Crippen LogP) is 5.29. The van der Waals surface area contributed by atoms with Crippen molar-refractivity contribution in [3.8, 4) is 5.75 Å². The van der Waals surface area contributed by atoms with Crippen LogP contribution >= 0.6 is 23.2 Å². The summed E-state index contributed by atoms with van der Waals surface area (Å²) < 4.78 is 5.31. The highest BCUT2D eigenvalue weighted by atomic mass is 35.5. The van der Waals surface area contributed by atoms with Crippen LogP contribution in [0.25, 0.3) is 0 Å². The molecular weight excluding hydrogens is 579 g/mol. The summed E-state index contributed by atoms with van der Waals surface area (Å²) in [6, 6.07) is 15.7. The number of amides is 3. The number of methoxy groups -OCH3 is 1. The first-order valence-electron chi connectivity index (χ1n) is 13.3. The molecule has 0 unspecified atom stereocenters. The van der Waals surface area contributed by atoms with Gasteiger partial charge in [-0.25, -0.2) is 9.91 Å². The molecule has 3 aromatic rings. The molecule has 3 heterocycles. The van der Waals surface area contributed by atoms with Crippen LogP contribution in [0.15, 0.2) is 76.1 Å². The maximum atomic E-state index is 13.9. The minimum atomic E-state index is -1.11. The van der Waals surface area contributed by atoms with Gasteiger partial charge in [0.05, 0.1) is 34.6 Å². The number of carbonyl (C=O) groups is 3. The number of halogens is 2. The Morgan fingerprint density at radius 2 is 1.71 bits per heavy atom. The van der Waals surface area contributed by atoms with Crippen molar-refractivity contribution in [1.29, 1.82) is 0 Å². The summed E-state index contributed by atoms with van der Waals surface area (Å²) >= 11 is 12.6. The normalized spacial score (nSPS) is 21.3. The van der Waals surface area contributed by atoms with E-state index < -0.39 is 35.8 Å². The van der Waals surface area contributed by atoms with Gasteiger partial charge in [0.1, 0.15) is 12.3 Å². The van der Waals surface area contributed by atoms with Crippen LogP contribution in [0.4, 0.5) is 5.69 Å². The van der Waals surface area contributed by atoms with Gasteiger partial charge >= 0.3 is 0 Å². The fraction of sp³-hybridized carbons (Fsp3) is 0.267. The van der Waals surface area contributed by atoms with E-state index in [4.69, 9.17) is 33.0 Å². The van der Waals surface area contributed by atoms with Crippen LogP contribution in [0, 0.1) is 13.8 Å². The molecule has 3 aliphatic rings. The Labute approximate surface area is 252 Å². The second-order valence-corrected chi connectivity index (χ2v) is 11.2. The Hall–Kier alpha value is -4.28. The lowest BCUT2D eigenvalue weighted by molar-refractivity contribution is -0.135. The summed E-state index contributed by atoms with van der Waals surface area (Å²) in [5.74, 6) is -0.914. The quantitative estimate of drug-likeness (QED) is 0.355. The van der Waals surface area contributed by atoms with Crippen molar-refractivity contribution in [2.75, 3.05) is 18.6 Å². The molecule has 6 rings (SSSR count). The smallest absolute Gasteiger partial charge is 0.264 e. The molecular formula is C30H26Cl2N6O4. The Bertz CT molecular complexity index is 1650. The first-order valence-corrected chi connectivity index (χ1v) is 14.0. The van der Waals surface area contributed by atoms with Gasteiger partial charge < -0.3 is 4.74 Å². The zero-order chi connectivity index (χ0) is 29.7. The molecule has 214 valence electrons. The number of nitrogens with zero attached hydrogens (tertiary/aromatic N) is 6. The number of imide groups is 1. The Morgan fingerprint density at radius 1 is 1.00 bits per heavy atom. The molecule has 0 saturated carbocycles. The van der Waals surface area contributed by atoms with Crippen molar-refractivity contribution in [2.45, 2.75) is 38.4 Å². The van der Waals surface area contributed by atoms with E-state index in [0.717, 1.165) is 32.9 Å². The lowest BCUT2D eigenvalue weighted by Gasteiger charge is -2.26. The number of benzene rings is 3. The maximum absolute atomic E-state index is 13.9. The third-order valence-electron chi connectivity index (χ3n) is 7.68. The summed E-state index contributed by atoms with van der Waals surface area (Å²) in [6.07, 6.45) is 0.492. The van der Waals surface area contributed by atoms with Gasteiger partial charge in [0.2, 0.25) is 0 Å². The van der Waals surface area contributed by atoms with Crippen LogP contribution in [-0.4, -0.2) is 59.2 Å². The number of fused-ring (bicyclic) bond motifs is 1. The van der Waals surface area contributed by atoms with E-state index in [1.165, 1.54) is 22.2 Å². The zero-order valence-corrected chi connectivity index (χ0v) is 24.5. The van der Waals surface area contributed by atoms with Crippen LogP contribution in [0.1, 0.15) is 34.7 Å². The summed E-state index contributed by atoms with van der Waals surface area (Å²) in [5, 5.41) is 15.8. The third kappa shape index (κ3) is 4.70. The topological polar surface area (TPSA) is 107 Å². The van der Waals surface area contributed by atoms with Gasteiger partial charge in [0.25, 0.3) is 17.7 Å². The average molecular weight is 605 g/mol. The van der Waals surface area contributed by atoms with E-state index in [9.17, 15) is 14.4 Å². The average Bonchev–Trinajstić information content (AvgIpc) is 3.65. The maximum Gasteiger partial charge on any atom is 0.264 e. The zero-order valence-electron chi connectivity index (χ0n) is 23.0. The van der Waals surface area contributed by atoms with Gasteiger partial charge in [-0.1, -0.05) is 70.4 Å².